The van der Waals surface area contributed by atoms with E-state index >= 15 is 0 Å². The number of hydrogen-bond donors (Lipinski definition) is 1. The van der Waals surface area contributed by atoms with Crippen molar-refractivity contribution in [2.75, 3.05) is 0 Å². The third kappa shape index (κ3) is 6.12. The molecule has 0 heterocycles. The van der Waals surface area contributed by atoms with E-state index < -0.39 is 6.23 Å². The molecule has 0 spiro atoms. The Kier molecular flexibility index (Phi) is 8.86. The van der Waals surface area contributed by atoms with Crippen LogP contribution in [0, 0.1) is 6.92 Å². The van der Waals surface area contributed by atoms with Crippen LogP contribution in [0.2, 0.25) is 5.02 Å². The van der Waals surface area contributed by atoms with Crippen LogP contribution in [0.25, 0.3) is 0 Å². The SMILES string of the molecule is CC(=O)OC(NCc1ccc(Cl)cc1C)c1ccccc1.[KH]. The maximum atomic E-state index is 11.3. The summed E-state index contributed by atoms with van der Waals surface area (Å²) in [6.45, 7) is 4.01. The first-order chi connectivity index (χ1) is 10.1. The molecule has 5 heteroatoms. The third-order valence-electron chi connectivity index (χ3n) is 3.17. The number of carbonyl (C=O) groups excluding carboxylic acids is 1. The van der Waals surface area contributed by atoms with Crippen LogP contribution in [0.1, 0.15) is 29.8 Å². The van der Waals surface area contributed by atoms with E-state index in [2.05, 4.69) is 5.32 Å². The molecule has 3 nitrogen and oxygen atoms in total. The molecule has 0 fully saturated rings. The number of benzene rings is 2. The molecule has 0 bridgehead atoms. The van der Waals surface area contributed by atoms with E-state index in [-0.39, 0.29) is 57.4 Å². The summed E-state index contributed by atoms with van der Waals surface area (Å²) < 4.78 is 5.35. The minimum absolute atomic E-state index is 0. The molecule has 22 heavy (non-hydrogen) atoms. The zero-order valence-corrected chi connectivity index (χ0v) is 12.9. The Labute approximate surface area is 178 Å². The summed E-state index contributed by atoms with van der Waals surface area (Å²) in [6, 6.07) is 15.4. The predicted molar refractivity (Wildman–Crippen MR) is 91.1 cm³/mol. The van der Waals surface area contributed by atoms with Crippen molar-refractivity contribution in [3.05, 3.63) is 70.2 Å². The van der Waals surface area contributed by atoms with Gasteiger partial charge in [-0.15, -0.1) is 0 Å². The van der Waals surface area contributed by atoms with Gasteiger partial charge in [0.25, 0.3) is 0 Å². The molecular weight excluding hydrogens is 325 g/mol. The van der Waals surface area contributed by atoms with Gasteiger partial charge in [0, 0.05) is 24.1 Å². The summed E-state index contributed by atoms with van der Waals surface area (Å²) in [6.07, 6.45) is -0.459. The third-order valence-corrected chi connectivity index (χ3v) is 3.40. The van der Waals surface area contributed by atoms with Gasteiger partial charge in [0.1, 0.15) is 0 Å². The number of hydrogen-bond acceptors (Lipinski definition) is 3. The van der Waals surface area contributed by atoms with Crippen molar-refractivity contribution in [2.24, 2.45) is 0 Å². The fourth-order valence-corrected chi connectivity index (χ4v) is 2.31. The number of ether oxygens (including phenoxy) is 1. The van der Waals surface area contributed by atoms with Gasteiger partial charge in [0.05, 0.1) is 0 Å². The molecule has 0 aliphatic heterocycles. The van der Waals surface area contributed by atoms with E-state index in [4.69, 9.17) is 16.3 Å². The number of esters is 1. The van der Waals surface area contributed by atoms with Crippen LogP contribution < -0.4 is 5.32 Å². The summed E-state index contributed by atoms with van der Waals surface area (Å²) in [7, 11) is 0. The molecule has 0 saturated carbocycles. The standard InChI is InChI=1S/C17H18ClNO2.K.H/c1-12-10-16(18)9-8-15(12)11-19-17(21-13(2)20)14-6-4-3-5-7-14;;/h3-10,17,19H,11H2,1-2H3;;. The molecule has 2 aromatic rings. The normalized spacial score (nSPS) is 11.4. The number of carbonyl (C=O) groups is 1. The molecule has 0 aliphatic carbocycles. The van der Waals surface area contributed by atoms with Gasteiger partial charge in [-0.1, -0.05) is 48.0 Å². The minimum atomic E-state index is -0.459. The topological polar surface area (TPSA) is 38.3 Å². The summed E-state index contributed by atoms with van der Waals surface area (Å²) in [5.74, 6) is -0.316. The van der Waals surface area contributed by atoms with Crippen molar-refractivity contribution in [3.8, 4) is 0 Å². The summed E-state index contributed by atoms with van der Waals surface area (Å²) in [5, 5.41) is 3.98. The van der Waals surface area contributed by atoms with Crippen molar-refractivity contribution in [1.29, 1.82) is 0 Å². The summed E-state index contributed by atoms with van der Waals surface area (Å²) in [5.41, 5.74) is 3.14. The Bertz CT molecular complexity index is 619. The molecule has 0 aromatic heterocycles. The first kappa shape index (κ1) is 19.8. The maximum absolute atomic E-state index is 11.3. The van der Waals surface area contributed by atoms with Gasteiger partial charge in [0.2, 0.25) is 0 Å². The van der Waals surface area contributed by atoms with Crippen molar-refractivity contribution < 1.29 is 9.53 Å². The van der Waals surface area contributed by atoms with Crippen molar-refractivity contribution in [1.82, 2.24) is 5.32 Å². The molecule has 0 radical (unpaired) electrons. The van der Waals surface area contributed by atoms with Crippen molar-refractivity contribution in [2.45, 2.75) is 26.6 Å². The van der Waals surface area contributed by atoms with E-state index in [1.165, 1.54) is 6.92 Å². The molecule has 2 aromatic carbocycles. The van der Waals surface area contributed by atoms with E-state index in [1.54, 1.807) is 0 Å². The first-order valence-electron chi connectivity index (χ1n) is 6.77. The Hall–Kier alpha value is -0.204. The Morgan fingerprint density at radius 2 is 1.91 bits per heavy atom. The molecule has 112 valence electrons. The van der Waals surface area contributed by atoms with Crippen molar-refractivity contribution in [3.63, 3.8) is 0 Å². The summed E-state index contributed by atoms with van der Waals surface area (Å²) >= 11 is 5.95. The van der Waals surface area contributed by atoms with Gasteiger partial charge >= 0.3 is 57.4 Å². The molecular formula is C17H19ClKNO2. The van der Waals surface area contributed by atoms with E-state index in [9.17, 15) is 4.79 Å². The average Bonchev–Trinajstić information content (AvgIpc) is 2.45. The molecule has 1 N–H and O–H groups in total. The molecule has 2 rings (SSSR count). The Morgan fingerprint density at radius 3 is 2.50 bits per heavy atom. The fraction of sp³-hybridized carbons (Fsp3) is 0.235. The number of rotatable bonds is 5. The predicted octanol–water partition coefficient (Wildman–Crippen LogP) is 3.35. The van der Waals surface area contributed by atoms with Crippen LogP contribution in [0.4, 0.5) is 0 Å². The zero-order valence-electron chi connectivity index (χ0n) is 12.1. The van der Waals surface area contributed by atoms with Gasteiger partial charge in [-0.25, -0.2) is 0 Å². The second-order valence-corrected chi connectivity index (χ2v) is 5.29. The van der Waals surface area contributed by atoms with Crippen LogP contribution >= 0.6 is 11.6 Å². The van der Waals surface area contributed by atoms with Crippen LogP contribution in [-0.2, 0) is 16.1 Å². The Balaban J connectivity index is 0.00000242. The van der Waals surface area contributed by atoms with Gasteiger partial charge in [-0.05, 0) is 30.2 Å². The van der Waals surface area contributed by atoms with E-state index in [0.29, 0.717) is 6.54 Å². The number of aryl methyl sites for hydroxylation is 1. The summed E-state index contributed by atoms with van der Waals surface area (Å²) in [4.78, 5) is 11.3. The molecule has 0 saturated heterocycles. The molecule has 0 aliphatic rings. The van der Waals surface area contributed by atoms with Crippen LogP contribution in [0.5, 0.6) is 0 Å². The molecule has 1 atom stereocenters. The number of nitrogens with one attached hydrogen (secondary N) is 1. The zero-order chi connectivity index (χ0) is 15.2. The second-order valence-electron chi connectivity index (χ2n) is 4.85. The van der Waals surface area contributed by atoms with E-state index in [0.717, 1.165) is 21.7 Å². The van der Waals surface area contributed by atoms with Gasteiger partial charge in [-0.3, -0.25) is 10.1 Å². The van der Waals surface area contributed by atoms with Gasteiger partial charge in [0.15, 0.2) is 6.23 Å². The van der Waals surface area contributed by atoms with E-state index in [1.807, 2.05) is 55.5 Å². The second kappa shape index (κ2) is 9.83. The van der Waals surface area contributed by atoms with Gasteiger partial charge in [-0.2, -0.15) is 0 Å². The Morgan fingerprint density at radius 1 is 1.23 bits per heavy atom. The number of halogens is 1. The first-order valence-corrected chi connectivity index (χ1v) is 7.14. The quantitative estimate of drug-likeness (QED) is 0.514. The average molecular weight is 344 g/mol. The van der Waals surface area contributed by atoms with Gasteiger partial charge < -0.3 is 4.74 Å². The fourth-order valence-electron chi connectivity index (χ4n) is 2.08. The van der Waals surface area contributed by atoms with Crippen LogP contribution in [0.3, 0.4) is 0 Å². The van der Waals surface area contributed by atoms with Crippen LogP contribution in [-0.4, -0.2) is 57.4 Å². The monoisotopic (exact) mass is 343 g/mol. The van der Waals surface area contributed by atoms with Crippen molar-refractivity contribution >= 4 is 69.0 Å². The van der Waals surface area contributed by atoms with Crippen LogP contribution in [0.15, 0.2) is 48.5 Å². The molecule has 0 amide bonds. The molecule has 1 unspecified atom stereocenters.